The van der Waals surface area contributed by atoms with E-state index in [4.69, 9.17) is 34.8 Å². The molecule has 4 rings (SSSR count). The first-order chi connectivity index (χ1) is 16.1. The van der Waals surface area contributed by atoms with Crippen molar-refractivity contribution in [2.45, 2.75) is 30.0 Å². The summed E-state index contributed by atoms with van der Waals surface area (Å²) >= 11 is 19.1. The molecule has 176 valence electrons. The minimum atomic E-state index is -1.22. The molecule has 0 heterocycles. The third kappa shape index (κ3) is 5.07. The molecular weight excluding hydrogens is 498 g/mol. The molecule has 0 aliphatic heterocycles. The normalized spacial score (nSPS) is 18.4. The van der Waals surface area contributed by atoms with E-state index in [0.717, 1.165) is 5.56 Å². The zero-order valence-electron chi connectivity index (χ0n) is 18.4. The molecule has 1 saturated carbocycles. The summed E-state index contributed by atoms with van der Waals surface area (Å²) in [5, 5.41) is 5.64. The van der Waals surface area contributed by atoms with Gasteiger partial charge in [-0.15, -0.1) is 23.2 Å². The van der Waals surface area contributed by atoms with Crippen LogP contribution < -0.4 is 10.6 Å². The summed E-state index contributed by atoms with van der Waals surface area (Å²) in [5.41, 5.74) is 3.03. The average molecular weight is 520 g/mol. The van der Waals surface area contributed by atoms with E-state index in [0.29, 0.717) is 17.3 Å². The summed E-state index contributed by atoms with van der Waals surface area (Å²) in [6.45, 7) is 4.21. The molecule has 1 aliphatic rings. The molecule has 2 amide bonds. The number of alkyl halides is 2. The maximum atomic E-state index is 13.1. The van der Waals surface area contributed by atoms with Gasteiger partial charge in [0.25, 0.3) is 5.91 Å². The quantitative estimate of drug-likeness (QED) is 0.334. The lowest BCUT2D eigenvalue weighted by atomic mass is 10.00. The van der Waals surface area contributed by atoms with Crippen LogP contribution in [0.5, 0.6) is 0 Å². The Morgan fingerprint density at radius 1 is 0.912 bits per heavy atom. The molecule has 0 radical (unpaired) electrons. The maximum Gasteiger partial charge on any atom is 0.257 e. The number of carbonyl (C=O) groups excluding carboxylic acids is 2. The van der Waals surface area contributed by atoms with Crippen LogP contribution in [0.25, 0.3) is 0 Å². The van der Waals surface area contributed by atoms with Crippen LogP contribution in [0.2, 0.25) is 5.02 Å². The van der Waals surface area contributed by atoms with Gasteiger partial charge in [-0.2, -0.15) is 0 Å². The van der Waals surface area contributed by atoms with Crippen LogP contribution >= 0.6 is 34.8 Å². The molecule has 1 fully saturated rings. The van der Waals surface area contributed by atoms with Gasteiger partial charge in [0.05, 0.1) is 16.5 Å². The number of nitrogens with one attached hydrogen (secondary N) is 2. The van der Waals surface area contributed by atoms with E-state index in [1.807, 2.05) is 24.3 Å². The Hall–Kier alpha value is -2.60. The fourth-order valence-corrected chi connectivity index (χ4v) is 4.92. The van der Waals surface area contributed by atoms with Crippen LogP contribution in [0, 0.1) is 11.7 Å². The Morgan fingerprint density at radius 3 is 2.15 bits per heavy atom. The van der Waals surface area contributed by atoms with Crippen molar-refractivity contribution in [2.75, 3.05) is 10.6 Å². The molecular formula is C26H22Cl3FN2O2. The van der Waals surface area contributed by atoms with Crippen LogP contribution in [0.3, 0.4) is 0 Å². The fourth-order valence-electron chi connectivity index (χ4n) is 3.88. The predicted molar refractivity (Wildman–Crippen MR) is 136 cm³/mol. The lowest BCUT2D eigenvalue weighted by Gasteiger charge is -2.10. The van der Waals surface area contributed by atoms with Crippen molar-refractivity contribution < 1.29 is 14.0 Å². The molecule has 2 N–H and O–H groups in total. The van der Waals surface area contributed by atoms with Crippen LogP contribution in [-0.4, -0.2) is 16.1 Å². The Balaban J connectivity index is 1.47. The minimum absolute atomic E-state index is 0.156. The van der Waals surface area contributed by atoms with E-state index < -0.39 is 22.0 Å². The van der Waals surface area contributed by atoms with Crippen molar-refractivity contribution in [1.29, 1.82) is 0 Å². The van der Waals surface area contributed by atoms with Gasteiger partial charge < -0.3 is 10.6 Å². The third-order valence-electron chi connectivity index (χ3n) is 5.88. The van der Waals surface area contributed by atoms with Crippen LogP contribution in [-0.2, 0) is 4.79 Å². The van der Waals surface area contributed by atoms with Gasteiger partial charge in [-0.1, -0.05) is 49.7 Å². The van der Waals surface area contributed by atoms with E-state index >= 15 is 0 Å². The monoisotopic (exact) mass is 518 g/mol. The summed E-state index contributed by atoms with van der Waals surface area (Å²) in [6.07, 6.45) is 0. The fraction of sp³-hybridized carbons (Fsp3) is 0.231. The molecule has 2 atom stereocenters. The predicted octanol–water partition coefficient (Wildman–Crippen LogP) is 7.38. The number of carbonyl (C=O) groups is 2. The molecule has 0 saturated heterocycles. The molecule has 8 heteroatoms. The molecule has 0 spiro atoms. The highest BCUT2D eigenvalue weighted by Gasteiger charge is 2.67. The van der Waals surface area contributed by atoms with Gasteiger partial charge in [-0.25, -0.2) is 4.39 Å². The van der Waals surface area contributed by atoms with Crippen LogP contribution in [0.15, 0.2) is 66.7 Å². The summed E-state index contributed by atoms with van der Waals surface area (Å²) in [6, 6.07) is 17.9. The summed E-state index contributed by atoms with van der Waals surface area (Å²) < 4.78 is 11.9. The van der Waals surface area contributed by atoms with Gasteiger partial charge in [-0.05, 0) is 59.5 Å². The largest absolute Gasteiger partial charge is 0.326 e. The Bertz CT molecular complexity index is 1230. The third-order valence-corrected chi connectivity index (χ3v) is 7.15. The van der Waals surface area contributed by atoms with Gasteiger partial charge >= 0.3 is 0 Å². The smallest absolute Gasteiger partial charge is 0.257 e. The number of hydrogen-bond donors (Lipinski definition) is 2. The van der Waals surface area contributed by atoms with E-state index in [1.54, 1.807) is 6.07 Å². The Labute approximate surface area is 212 Å². The van der Waals surface area contributed by atoms with Gasteiger partial charge in [0.2, 0.25) is 5.91 Å². The lowest BCUT2D eigenvalue weighted by Crippen LogP contribution is -2.18. The van der Waals surface area contributed by atoms with Crippen LogP contribution in [0.1, 0.15) is 47.2 Å². The van der Waals surface area contributed by atoms with Crippen molar-refractivity contribution >= 4 is 58.0 Å². The number of amides is 2. The summed E-state index contributed by atoms with van der Waals surface area (Å²) in [4.78, 5) is 25.7. The Kier molecular flexibility index (Phi) is 6.90. The van der Waals surface area contributed by atoms with E-state index in [9.17, 15) is 14.0 Å². The second-order valence-corrected chi connectivity index (χ2v) is 10.4. The number of rotatable bonds is 6. The number of hydrogen-bond acceptors (Lipinski definition) is 2. The zero-order valence-corrected chi connectivity index (χ0v) is 20.7. The van der Waals surface area contributed by atoms with Crippen molar-refractivity contribution in [1.82, 2.24) is 0 Å². The molecule has 4 nitrogen and oxygen atoms in total. The molecule has 3 aromatic rings. The second-order valence-electron chi connectivity index (χ2n) is 8.60. The standard InChI is InChI=1S/C26H22Cl3FN2O2/c1-14(2)15-3-5-16(6-4-15)22-23(26(22,28)29)25(34)32-19-11-12-21(27)20(13-19)24(33)31-18-9-7-17(30)8-10-18/h3-14,22-23H,1-2H3,(H,31,33)(H,32,34)/t22-,23+/m1/s1. The number of halogens is 4. The SMILES string of the molecule is CC(C)c1ccc([C@@H]2[C@@H](C(=O)Nc3ccc(Cl)c(C(=O)Nc4ccc(F)cc4)c3)C2(Cl)Cl)cc1. The van der Waals surface area contributed by atoms with Crippen LogP contribution in [0.4, 0.5) is 15.8 Å². The van der Waals surface area contributed by atoms with Gasteiger partial charge in [0, 0.05) is 17.3 Å². The highest BCUT2D eigenvalue weighted by Crippen LogP contribution is 2.65. The van der Waals surface area contributed by atoms with Crippen molar-refractivity contribution in [2.24, 2.45) is 5.92 Å². The van der Waals surface area contributed by atoms with Crippen molar-refractivity contribution in [3.63, 3.8) is 0 Å². The van der Waals surface area contributed by atoms with Gasteiger partial charge in [0.15, 0.2) is 0 Å². The highest BCUT2D eigenvalue weighted by molar-refractivity contribution is 6.53. The minimum Gasteiger partial charge on any atom is -0.326 e. The van der Waals surface area contributed by atoms with Crippen molar-refractivity contribution in [3.8, 4) is 0 Å². The molecule has 0 bridgehead atoms. The summed E-state index contributed by atoms with van der Waals surface area (Å²) in [5.74, 6) is -1.85. The topological polar surface area (TPSA) is 58.2 Å². The van der Waals surface area contributed by atoms with E-state index in [-0.39, 0.29) is 22.4 Å². The first-order valence-corrected chi connectivity index (χ1v) is 11.9. The average Bonchev–Trinajstić information content (AvgIpc) is 3.38. The second kappa shape index (κ2) is 9.57. The Morgan fingerprint density at radius 2 is 1.53 bits per heavy atom. The molecule has 0 unspecified atom stereocenters. The molecule has 34 heavy (non-hydrogen) atoms. The van der Waals surface area contributed by atoms with Crippen molar-refractivity contribution in [3.05, 3.63) is 94.3 Å². The highest BCUT2D eigenvalue weighted by atomic mass is 35.5. The summed E-state index contributed by atoms with van der Waals surface area (Å²) in [7, 11) is 0. The zero-order chi connectivity index (χ0) is 24.6. The van der Waals surface area contributed by atoms with E-state index in [2.05, 4.69) is 24.5 Å². The first kappa shape index (κ1) is 24.5. The first-order valence-electron chi connectivity index (χ1n) is 10.7. The number of anilines is 2. The maximum absolute atomic E-state index is 13.1. The van der Waals surface area contributed by atoms with Gasteiger partial charge in [0.1, 0.15) is 10.2 Å². The number of benzene rings is 3. The molecule has 1 aliphatic carbocycles. The molecule has 3 aromatic carbocycles. The lowest BCUT2D eigenvalue weighted by molar-refractivity contribution is -0.117. The van der Waals surface area contributed by atoms with E-state index in [1.165, 1.54) is 42.0 Å². The molecule has 0 aromatic heterocycles. The van der Waals surface area contributed by atoms with Gasteiger partial charge in [-0.3, -0.25) is 9.59 Å².